The second-order valence-electron chi connectivity index (χ2n) is 9.36. The Morgan fingerprint density at radius 3 is 2.42 bits per heavy atom. The van der Waals surface area contributed by atoms with Gasteiger partial charge in [0.25, 0.3) is 10.0 Å². The predicted octanol–water partition coefficient (Wildman–Crippen LogP) is 4.05. The van der Waals surface area contributed by atoms with Crippen molar-refractivity contribution in [2.75, 3.05) is 33.4 Å². The van der Waals surface area contributed by atoms with Gasteiger partial charge in [0.15, 0.2) is 5.65 Å². The number of fused-ring (bicyclic) bond motifs is 1. The Balaban J connectivity index is 0.000000330. The summed E-state index contributed by atoms with van der Waals surface area (Å²) in [6.07, 6.45) is 12.6. The van der Waals surface area contributed by atoms with E-state index in [1.807, 2.05) is 0 Å². The van der Waals surface area contributed by atoms with Gasteiger partial charge in [-0.3, -0.25) is 5.10 Å². The molecule has 1 saturated carbocycles. The average molecular weight is 509 g/mol. The standard InChI is InChI=1S/C21H21N5O2S.C5H11NO/c27-29(28,17-9-5-2-6-10-17)26-14-18(16-11-23-24-12-16)20-21(26)22-13-19(25-20)15-7-3-1-4-8-15;1-6-2-4-7-5-3-6/h2,5-6,9-15H,1,3-4,7-8H2,(H,23,24);2-5H2,1H3. The smallest absolute Gasteiger partial charge is 0.269 e. The van der Waals surface area contributed by atoms with Crippen LogP contribution in [0.1, 0.15) is 43.7 Å². The summed E-state index contributed by atoms with van der Waals surface area (Å²) in [4.78, 5) is 11.9. The van der Waals surface area contributed by atoms with Crippen molar-refractivity contribution in [3.05, 3.63) is 60.8 Å². The molecule has 9 nitrogen and oxygen atoms in total. The van der Waals surface area contributed by atoms with Gasteiger partial charge < -0.3 is 9.64 Å². The van der Waals surface area contributed by atoms with E-state index in [0.29, 0.717) is 22.6 Å². The van der Waals surface area contributed by atoms with Gasteiger partial charge >= 0.3 is 0 Å². The van der Waals surface area contributed by atoms with E-state index >= 15 is 0 Å². The molecule has 10 heteroatoms. The van der Waals surface area contributed by atoms with Gasteiger partial charge in [0.1, 0.15) is 5.52 Å². The van der Waals surface area contributed by atoms with Gasteiger partial charge in [-0.15, -0.1) is 0 Å². The lowest BCUT2D eigenvalue weighted by molar-refractivity contribution is 0.0503. The van der Waals surface area contributed by atoms with Crippen molar-refractivity contribution in [1.82, 2.24) is 29.0 Å². The van der Waals surface area contributed by atoms with Crippen LogP contribution in [0.5, 0.6) is 0 Å². The maximum Gasteiger partial charge on any atom is 0.269 e. The summed E-state index contributed by atoms with van der Waals surface area (Å²) in [5.74, 6) is 0.381. The lowest BCUT2D eigenvalue weighted by Crippen LogP contribution is -2.32. The Labute approximate surface area is 211 Å². The molecule has 2 aliphatic rings. The molecule has 36 heavy (non-hydrogen) atoms. The monoisotopic (exact) mass is 508 g/mol. The SMILES string of the molecule is CN1CCOCC1.O=S(=O)(c1ccccc1)n1cc(-c2cn[nH]c2)c2nc(C3CCCCC3)cnc21. The lowest BCUT2D eigenvalue weighted by Gasteiger charge is -2.21. The first-order chi connectivity index (χ1) is 17.5. The van der Waals surface area contributed by atoms with Gasteiger partial charge in [0.05, 0.1) is 36.2 Å². The minimum atomic E-state index is -3.79. The first kappa shape index (κ1) is 24.6. The number of H-pyrrole nitrogens is 1. The van der Waals surface area contributed by atoms with Gasteiger partial charge in [-0.05, 0) is 32.0 Å². The second-order valence-corrected chi connectivity index (χ2v) is 11.2. The van der Waals surface area contributed by atoms with Crippen molar-refractivity contribution >= 4 is 21.2 Å². The minimum absolute atomic E-state index is 0.216. The van der Waals surface area contributed by atoms with Crippen molar-refractivity contribution in [3.8, 4) is 11.1 Å². The van der Waals surface area contributed by atoms with Crippen molar-refractivity contribution in [3.63, 3.8) is 0 Å². The zero-order chi connectivity index (χ0) is 25.0. The number of aromatic amines is 1. The Morgan fingerprint density at radius 1 is 1.03 bits per heavy atom. The van der Waals surface area contributed by atoms with Gasteiger partial charge in [-0.2, -0.15) is 5.10 Å². The number of ether oxygens (including phenoxy) is 1. The third-order valence-corrected chi connectivity index (χ3v) is 8.51. The molecule has 0 bridgehead atoms. The van der Waals surface area contributed by atoms with Crippen LogP contribution in [0.2, 0.25) is 0 Å². The summed E-state index contributed by atoms with van der Waals surface area (Å²) < 4.78 is 32.9. The van der Waals surface area contributed by atoms with E-state index in [2.05, 4.69) is 27.1 Å². The maximum absolute atomic E-state index is 13.3. The Morgan fingerprint density at radius 2 is 1.78 bits per heavy atom. The molecular weight excluding hydrogens is 476 g/mol. The molecule has 1 aromatic carbocycles. The van der Waals surface area contributed by atoms with Crippen LogP contribution >= 0.6 is 0 Å². The molecule has 1 saturated heterocycles. The van der Waals surface area contributed by atoms with Gasteiger partial charge in [-0.1, -0.05) is 37.5 Å². The fourth-order valence-corrected chi connectivity index (χ4v) is 6.06. The van der Waals surface area contributed by atoms with E-state index in [9.17, 15) is 8.42 Å². The van der Waals surface area contributed by atoms with Crippen LogP contribution in [0.15, 0.2) is 60.0 Å². The van der Waals surface area contributed by atoms with Crippen molar-refractivity contribution < 1.29 is 13.2 Å². The van der Waals surface area contributed by atoms with Crippen LogP contribution in [0.25, 0.3) is 22.3 Å². The first-order valence-electron chi connectivity index (χ1n) is 12.5. The highest BCUT2D eigenvalue weighted by atomic mass is 32.2. The van der Waals surface area contributed by atoms with Crippen LogP contribution < -0.4 is 0 Å². The molecule has 1 N–H and O–H groups in total. The topological polar surface area (TPSA) is 106 Å². The van der Waals surface area contributed by atoms with Crippen LogP contribution in [-0.2, 0) is 14.8 Å². The highest BCUT2D eigenvalue weighted by molar-refractivity contribution is 7.90. The number of nitrogens with one attached hydrogen (secondary N) is 1. The number of hydrogen-bond donors (Lipinski definition) is 1. The molecule has 4 heterocycles. The van der Waals surface area contributed by atoms with Gasteiger partial charge in [0, 0.05) is 42.5 Å². The Bertz CT molecular complexity index is 1370. The molecule has 1 aliphatic carbocycles. The number of rotatable bonds is 4. The summed E-state index contributed by atoms with van der Waals surface area (Å²) in [5, 5.41) is 6.81. The molecule has 190 valence electrons. The number of likely N-dealkylation sites (N-methyl/N-ethyl adjacent to an activating group) is 1. The quantitative estimate of drug-likeness (QED) is 0.443. The van der Waals surface area contributed by atoms with E-state index in [1.54, 1.807) is 55.1 Å². The molecule has 0 amide bonds. The average Bonchev–Trinajstić information content (AvgIpc) is 3.59. The molecule has 0 spiro atoms. The van der Waals surface area contributed by atoms with E-state index in [4.69, 9.17) is 9.72 Å². The fraction of sp³-hybridized carbons (Fsp3) is 0.423. The molecule has 6 rings (SSSR count). The summed E-state index contributed by atoms with van der Waals surface area (Å²) in [5.41, 5.74) is 3.36. The summed E-state index contributed by atoms with van der Waals surface area (Å²) in [6, 6.07) is 8.38. The lowest BCUT2D eigenvalue weighted by atomic mass is 9.87. The number of morpholine rings is 1. The highest BCUT2D eigenvalue weighted by Crippen LogP contribution is 2.35. The zero-order valence-electron chi connectivity index (χ0n) is 20.5. The van der Waals surface area contributed by atoms with Crippen LogP contribution in [-0.4, -0.2) is 70.8 Å². The number of benzene rings is 1. The van der Waals surface area contributed by atoms with E-state index in [-0.39, 0.29) is 4.90 Å². The van der Waals surface area contributed by atoms with Crippen LogP contribution in [0.4, 0.5) is 0 Å². The summed E-state index contributed by atoms with van der Waals surface area (Å²) in [6.45, 7) is 4.02. The van der Waals surface area contributed by atoms with Crippen molar-refractivity contribution in [1.29, 1.82) is 0 Å². The highest BCUT2D eigenvalue weighted by Gasteiger charge is 2.25. The molecule has 2 fully saturated rings. The summed E-state index contributed by atoms with van der Waals surface area (Å²) >= 11 is 0. The Kier molecular flexibility index (Phi) is 7.45. The van der Waals surface area contributed by atoms with Crippen LogP contribution in [0.3, 0.4) is 0 Å². The third-order valence-electron chi connectivity index (χ3n) is 6.85. The largest absolute Gasteiger partial charge is 0.379 e. The van der Waals surface area contributed by atoms with Gasteiger partial charge in [-0.25, -0.2) is 22.4 Å². The number of aromatic nitrogens is 5. The molecule has 0 unspecified atom stereocenters. The van der Waals surface area contributed by atoms with Crippen molar-refractivity contribution in [2.45, 2.75) is 42.9 Å². The van der Waals surface area contributed by atoms with Gasteiger partial charge in [0.2, 0.25) is 0 Å². The Hall–Kier alpha value is -3.08. The molecule has 1 aliphatic heterocycles. The molecule has 3 aromatic heterocycles. The van der Waals surface area contributed by atoms with E-state index < -0.39 is 10.0 Å². The van der Waals surface area contributed by atoms with Crippen LogP contribution in [0, 0.1) is 0 Å². The zero-order valence-corrected chi connectivity index (χ0v) is 21.3. The molecular formula is C26H32N6O3S. The molecule has 4 aromatic rings. The first-order valence-corrected chi connectivity index (χ1v) is 13.9. The molecule has 0 radical (unpaired) electrons. The van der Waals surface area contributed by atoms with Crippen molar-refractivity contribution in [2.24, 2.45) is 0 Å². The summed E-state index contributed by atoms with van der Waals surface area (Å²) in [7, 11) is -1.68. The molecule has 0 atom stereocenters. The maximum atomic E-state index is 13.3. The minimum Gasteiger partial charge on any atom is -0.379 e. The fourth-order valence-electron chi connectivity index (χ4n) is 4.73. The normalized spacial score (nSPS) is 17.6. The van der Waals surface area contributed by atoms with E-state index in [1.165, 1.54) is 23.2 Å². The third kappa shape index (κ3) is 5.21. The predicted molar refractivity (Wildman–Crippen MR) is 138 cm³/mol. The number of hydrogen-bond acceptors (Lipinski definition) is 7. The second kappa shape index (κ2) is 10.9. The van der Waals surface area contributed by atoms with E-state index in [0.717, 1.165) is 50.4 Å². The number of nitrogens with zero attached hydrogens (tertiary/aromatic N) is 5.